The van der Waals surface area contributed by atoms with Crippen molar-refractivity contribution in [1.29, 1.82) is 0 Å². The van der Waals surface area contributed by atoms with Crippen LogP contribution in [0.1, 0.15) is 45.7 Å². The predicted octanol–water partition coefficient (Wildman–Crippen LogP) is 5.73. The first-order chi connectivity index (χ1) is 12.7. The molecule has 1 aromatic carbocycles. The summed E-state index contributed by atoms with van der Waals surface area (Å²) in [5.74, 6) is -0.383. The van der Waals surface area contributed by atoms with Crippen LogP contribution >= 0.6 is 11.6 Å². The van der Waals surface area contributed by atoms with Gasteiger partial charge >= 0.3 is 12.1 Å². The molecule has 152 valence electrons. The molecule has 2 aromatic rings. The van der Waals surface area contributed by atoms with Crippen molar-refractivity contribution in [2.24, 2.45) is 5.41 Å². The molecule has 0 bridgehead atoms. The fourth-order valence-corrected chi connectivity index (χ4v) is 2.75. The minimum absolute atomic E-state index is 0.245. The summed E-state index contributed by atoms with van der Waals surface area (Å²) in [5, 5.41) is -0.275. The van der Waals surface area contributed by atoms with Gasteiger partial charge in [0.1, 0.15) is 11.2 Å². The molecule has 0 amide bonds. The van der Waals surface area contributed by atoms with Crippen LogP contribution in [0.25, 0.3) is 11.3 Å². The zero-order chi connectivity index (χ0) is 21.3. The number of carbonyl (C=O) groups is 1. The monoisotopic (exact) mass is 414 g/mol. The number of halogens is 4. The summed E-state index contributed by atoms with van der Waals surface area (Å²) in [7, 11) is 0. The van der Waals surface area contributed by atoms with Crippen molar-refractivity contribution in [3.63, 3.8) is 0 Å². The van der Waals surface area contributed by atoms with Crippen LogP contribution in [0, 0.1) is 5.41 Å². The first kappa shape index (κ1) is 22.1. The Morgan fingerprint density at radius 3 is 2.36 bits per heavy atom. The molecule has 8 heteroatoms. The normalized spacial score (nSPS) is 12.8. The van der Waals surface area contributed by atoms with Crippen LogP contribution < -0.4 is 0 Å². The van der Waals surface area contributed by atoms with Gasteiger partial charge in [-0.2, -0.15) is 13.2 Å². The summed E-state index contributed by atoms with van der Waals surface area (Å²) in [5.41, 5.74) is -1.84. The smallest absolute Gasteiger partial charge is 0.419 e. The fraction of sp³-hybridized carbons (Fsp3) is 0.450. The number of alkyl halides is 3. The molecule has 0 fully saturated rings. The molecular weight excluding hydrogens is 393 g/mol. The maximum absolute atomic E-state index is 13.3. The molecule has 1 heterocycles. The fourth-order valence-electron chi connectivity index (χ4n) is 2.62. The van der Waals surface area contributed by atoms with E-state index in [1.807, 2.05) is 0 Å². The molecule has 28 heavy (non-hydrogen) atoms. The van der Waals surface area contributed by atoms with Crippen molar-refractivity contribution < 1.29 is 22.7 Å². The van der Waals surface area contributed by atoms with E-state index in [1.165, 1.54) is 6.07 Å². The first-order valence-electron chi connectivity index (χ1n) is 8.61. The molecule has 0 aliphatic carbocycles. The average molecular weight is 415 g/mol. The van der Waals surface area contributed by atoms with Gasteiger partial charge in [0.25, 0.3) is 0 Å². The molecule has 0 saturated carbocycles. The molecule has 0 unspecified atom stereocenters. The molecule has 0 N–H and O–H groups in total. The Labute approximate surface area is 167 Å². The molecule has 1 aromatic heterocycles. The van der Waals surface area contributed by atoms with Crippen LogP contribution in [0.3, 0.4) is 0 Å². The van der Waals surface area contributed by atoms with Crippen molar-refractivity contribution in [2.45, 2.75) is 52.8 Å². The Hall–Kier alpha value is -2.15. The summed E-state index contributed by atoms with van der Waals surface area (Å²) >= 11 is 5.72. The highest BCUT2D eigenvalue weighted by Gasteiger charge is 2.36. The van der Waals surface area contributed by atoms with E-state index in [-0.39, 0.29) is 28.9 Å². The summed E-state index contributed by atoms with van der Waals surface area (Å²) < 4.78 is 45.4. The number of carbonyl (C=O) groups excluding carboxylic acids is 1. The van der Waals surface area contributed by atoms with Gasteiger partial charge in [0, 0.05) is 11.8 Å². The van der Waals surface area contributed by atoms with E-state index < -0.39 is 22.8 Å². The molecule has 0 aliphatic rings. The van der Waals surface area contributed by atoms with Crippen LogP contribution in [0.5, 0.6) is 0 Å². The van der Waals surface area contributed by atoms with Gasteiger partial charge in [-0.1, -0.05) is 18.2 Å². The highest BCUT2D eigenvalue weighted by Crippen LogP contribution is 2.36. The second-order valence-electron chi connectivity index (χ2n) is 8.16. The Morgan fingerprint density at radius 2 is 1.79 bits per heavy atom. The zero-order valence-corrected chi connectivity index (χ0v) is 17.1. The van der Waals surface area contributed by atoms with Gasteiger partial charge in [-0.3, -0.25) is 4.79 Å². The molecule has 0 atom stereocenters. The molecule has 0 saturated heterocycles. The standard InChI is InChI=1S/C20H22ClF3N2O2/c1-18(2,3)28-16(27)19(4,5)10-12-7-6-8-13(9-12)15-14(20(22,23)24)11-25-17(21)26-15/h6-9,11H,10H2,1-5H3. The lowest BCUT2D eigenvalue weighted by atomic mass is 9.85. The largest absolute Gasteiger partial charge is 0.460 e. The number of rotatable bonds is 4. The van der Waals surface area contributed by atoms with Crippen LogP contribution in [0.2, 0.25) is 5.28 Å². The number of hydrogen-bond acceptors (Lipinski definition) is 4. The second-order valence-corrected chi connectivity index (χ2v) is 8.50. The van der Waals surface area contributed by atoms with Gasteiger partial charge < -0.3 is 4.74 Å². The molecule has 0 radical (unpaired) electrons. The minimum atomic E-state index is -4.62. The van der Waals surface area contributed by atoms with E-state index >= 15 is 0 Å². The van der Waals surface area contributed by atoms with E-state index in [0.29, 0.717) is 11.8 Å². The minimum Gasteiger partial charge on any atom is -0.460 e. The number of esters is 1. The Balaban J connectivity index is 2.38. The summed E-state index contributed by atoms with van der Waals surface area (Å²) in [6, 6.07) is 6.44. The van der Waals surface area contributed by atoms with Crippen molar-refractivity contribution in [3.05, 3.63) is 46.9 Å². The number of ether oxygens (including phenoxy) is 1. The van der Waals surface area contributed by atoms with Crippen LogP contribution in [0.4, 0.5) is 13.2 Å². The maximum atomic E-state index is 13.3. The van der Waals surface area contributed by atoms with Gasteiger partial charge in [-0.25, -0.2) is 9.97 Å². The third-order valence-corrected chi connectivity index (χ3v) is 4.04. The number of hydrogen-bond donors (Lipinski definition) is 0. The van der Waals surface area contributed by atoms with Crippen LogP contribution in [-0.2, 0) is 22.1 Å². The molecule has 0 aliphatic heterocycles. The number of aromatic nitrogens is 2. The summed E-state index contributed by atoms with van der Waals surface area (Å²) in [6.45, 7) is 8.80. The van der Waals surface area contributed by atoms with Gasteiger partial charge in [-0.05, 0) is 64.3 Å². The van der Waals surface area contributed by atoms with Gasteiger partial charge in [0.15, 0.2) is 0 Å². The highest BCUT2D eigenvalue weighted by atomic mass is 35.5. The molecule has 2 rings (SSSR count). The summed E-state index contributed by atoms with van der Waals surface area (Å²) in [4.78, 5) is 19.7. The highest BCUT2D eigenvalue weighted by molar-refractivity contribution is 6.28. The Bertz CT molecular complexity index is 874. The van der Waals surface area contributed by atoms with Crippen molar-refractivity contribution in [2.75, 3.05) is 0 Å². The van der Waals surface area contributed by atoms with Crippen LogP contribution in [0.15, 0.2) is 30.5 Å². The van der Waals surface area contributed by atoms with Gasteiger partial charge in [0.2, 0.25) is 5.28 Å². The third kappa shape index (κ3) is 5.67. The van der Waals surface area contributed by atoms with Crippen LogP contribution in [-0.4, -0.2) is 21.5 Å². The quantitative estimate of drug-likeness (QED) is 0.473. The second kappa shape index (κ2) is 7.70. The van der Waals surface area contributed by atoms with E-state index in [2.05, 4.69) is 9.97 Å². The van der Waals surface area contributed by atoms with Gasteiger partial charge in [0.05, 0.1) is 11.1 Å². The Morgan fingerprint density at radius 1 is 1.14 bits per heavy atom. The predicted molar refractivity (Wildman–Crippen MR) is 101 cm³/mol. The van der Waals surface area contributed by atoms with E-state index in [4.69, 9.17) is 16.3 Å². The Kier molecular flexibility index (Phi) is 6.09. The zero-order valence-electron chi connectivity index (χ0n) is 16.3. The number of benzene rings is 1. The van der Waals surface area contributed by atoms with Gasteiger partial charge in [-0.15, -0.1) is 0 Å². The third-order valence-electron chi connectivity index (χ3n) is 3.86. The van der Waals surface area contributed by atoms with Crippen molar-refractivity contribution >= 4 is 17.6 Å². The molecule has 0 spiro atoms. The lowest BCUT2D eigenvalue weighted by molar-refractivity contribution is -0.165. The number of nitrogens with zero attached hydrogens (tertiary/aromatic N) is 2. The van der Waals surface area contributed by atoms with E-state index in [0.717, 1.165) is 0 Å². The first-order valence-corrected chi connectivity index (χ1v) is 8.99. The van der Waals surface area contributed by atoms with E-state index in [1.54, 1.807) is 52.8 Å². The van der Waals surface area contributed by atoms with E-state index in [9.17, 15) is 18.0 Å². The average Bonchev–Trinajstić information content (AvgIpc) is 2.51. The molecule has 4 nitrogen and oxygen atoms in total. The van der Waals surface area contributed by atoms with Crippen molar-refractivity contribution in [1.82, 2.24) is 9.97 Å². The topological polar surface area (TPSA) is 52.1 Å². The SMILES string of the molecule is CC(C)(C)OC(=O)C(C)(C)Cc1cccc(-c2nc(Cl)ncc2C(F)(F)F)c1. The van der Waals surface area contributed by atoms with Crippen molar-refractivity contribution in [3.8, 4) is 11.3 Å². The molecular formula is C20H22ClF3N2O2. The maximum Gasteiger partial charge on any atom is 0.419 e. The lowest BCUT2D eigenvalue weighted by Crippen LogP contribution is -2.35. The lowest BCUT2D eigenvalue weighted by Gasteiger charge is -2.28. The summed E-state index contributed by atoms with van der Waals surface area (Å²) in [6.07, 6.45) is -3.66.